The molecule has 1 aliphatic rings. The van der Waals surface area contributed by atoms with Crippen molar-refractivity contribution in [2.24, 2.45) is 9.98 Å². The summed E-state index contributed by atoms with van der Waals surface area (Å²) in [5, 5.41) is 2.83. The molecule has 0 spiro atoms. The molecule has 1 heterocycles. The maximum Gasteiger partial charge on any atom is 0.217 e. The van der Waals surface area contributed by atoms with E-state index in [9.17, 15) is 4.39 Å². The second-order valence-electron chi connectivity index (χ2n) is 3.71. The van der Waals surface area contributed by atoms with E-state index in [4.69, 9.17) is 11.6 Å². The number of aliphatic imine (C=N–C) groups is 2. The summed E-state index contributed by atoms with van der Waals surface area (Å²) in [7, 11) is 0. The van der Waals surface area contributed by atoms with Gasteiger partial charge in [-0.3, -0.25) is 4.99 Å². The third-order valence-electron chi connectivity index (χ3n) is 2.40. The average molecular weight is 254 g/mol. The van der Waals surface area contributed by atoms with Crippen molar-refractivity contribution in [3.63, 3.8) is 0 Å². The molecular weight excluding hydrogens is 241 g/mol. The summed E-state index contributed by atoms with van der Waals surface area (Å²) in [6.07, 6.45) is 2.71. The molecule has 2 rings (SSSR count). The van der Waals surface area contributed by atoms with Gasteiger partial charge in [-0.05, 0) is 17.7 Å². The molecule has 5 heteroatoms. The van der Waals surface area contributed by atoms with E-state index in [0.717, 1.165) is 18.5 Å². The Bertz CT molecular complexity index is 428. The predicted octanol–water partition coefficient (Wildman–Crippen LogP) is 2.53. The van der Waals surface area contributed by atoms with E-state index in [0.29, 0.717) is 12.5 Å². The number of nitrogens with zero attached hydrogens (tertiary/aromatic N) is 2. The number of benzene rings is 1. The Morgan fingerprint density at radius 3 is 2.76 bits per heavy atom. The highest BCUT2D eigenvalue weighted by Crippen LogP contribution is 2.19. The number of hydrogen-bond acceptors (Lipinski definition) is 3. The molecule has 0 bridgehead atoms. The first-order chi connectivity index (χ1) is 8.25. The van der Waals surface area contributed by atoms with Crippen LogP contribution in [0.5, 0.6) is 0 Å². The van der Waals surface area contributed by atoms with E-state index < -0.39 is 0 Å². The van der Waals surface area contributed by atoms with Gasteiger partial charge < -0.3 is 5.32 Å². The monoisotopic (exact) mass is 253 g/mol. The minimum Gasteiger partial charge on any atom is -0.353 e. The molecule has 1 atom stereocenters. The minimum absolute atomic E-state index is 0.226. The molecule has 1 aromatic carbocycles. The van der Waals surface area contributed by atoms with E-state index in [1.54, 1.807) is 12.1 Å². The van der Waals surface area contributed by atoms with Crippen molar-refractivity contribution in [2.45, 2.75) is 11.8 Å². The third kappa shape index (κ3) is 3.53. The molecular formula is C12H13ClFN3. The van der Waals surface area contributed by atoms with Crippen molar-refractivity contribution in [1.82, 2.24) is 5.32 Å². The molecule has 17 heavy (non-hydrogen) atoms. The van der Waals surface area contributed by atoms with Gasteiger partial charge in [0.15, 0.2) is 0 Å². The summed E-state index contributed by atoms with van der Waals surface area (Å²) >= 11 is 6.19. The highest BCUT2D eigenvalue weighted by Gasteiger charge is 2.09. The zero-order valence-electron chi connectivity index (χ0n) is 9.24. The van der Waals surface area contributed by atoms with Crippen LogP contribution in [0.3, 0.4) is 0 Å². The highest BCUT2D eigenvalue weighted by molar-refractivity contribution is 6.21. The van der Waals surface area contributed by atoms with Gasteiger partial charge in [-0.15, -0.1) is 11.6 Å². The summed E-state index contributed by atoms with van der Waals surface area (Å²) < 4.78 is 12.7. The summed E-state index contributed by atoms with van der Waals surface area (Å²) in [5.41, 5.74) is 0.876. The van der Waals surface area contributed by atoms with Crippen LogP contribution in [0.15, 0.2) is 34.3 Å². The molecule has 0 radical (unpaired) electrons. The highest BCUT2D eigenvalue weighted by atomic mass is 35.5. The van der Waals surface area contributed by atoms with Gasteiger partial charge in [-0.2, -0.15) is 0 Å². The number of hydrogen-bond donors (Lipinski definition) is 1. The topological polar surface area (TPSA) is 36.8 Å². The molecule has 90 valence electrons. The number of halogens is 2. The zero-order chi connectivity index (χ0) is 12.1. The fraction of sp³-hybridized carbons (Fsp3) is 0.333. The van der Waals surface area contributed by atoms with E-state index in [1.807, 2.05) is 6.21 Å². The second-order valence-corrected chi connectivity index (χ2v) is 4.23. The van der Waals surface area contributed by atoms with Crippen LogP contribution in [0.25, 0.3) is 0 Å². The van der Waals surface area contributed by atoms with Gasteiger partial charge in [0.2, 0.25) is 5.96 Å². The molecule has 1 N–H and O–H groups in total. The smallest absolute Gasteiger partial charge is 0.217 e. The molecule has 0 fully saturated rings. The number of nitrogens with one attached hydrogen (secondary N) is 1. The van der Waals surface area contributed by atoms with Crippen LogP contribution in [-0.4, -0.2) is 25.3 Å². The lowest BCUT2D eigenvalue weighted by atomic mass is 10.1. The van der Waals surface area contributed by atoms with Crippen LogP contribution in [-0.2, 0) is 0 Å². The van der Waals surface area contributed by atoms with Crippen LogP contribution < -0.4 is 5.32 Å². The maximum atomic E-state index is 12.7. The average Bonchev–Trinajstić information content (AvgIpc) is 2.38. The fourth-order valence-electron chi connectivity index (χ4n) is 1.49. The van der Waals surface area contributed by atoms with Gasteiger partial charge in [0.25, 0.3) is 0 Å². The lowest BCUT2D eigenvalue weighted by Gasteiger charge is -2.13. The number of alkyl halides is 1. The van der Waals surface area contributed by atoms with Gasteiger partial charge in [0.1, 0.15) is 5.82 Å². The van der Waals surface area contributed by atoms with Gasteiger partial charge in [-0.25, -0.2) is 9.38 Å². The van der Waals surface area contributed by atoms with Gasteiger partial charge in [0.05, 0.1) is 5.38 Å². The molecule has 0 saturated carbocycles. The quantitative estimate of drug-likeness (QED) is 0.826. The Hall–Kier alpha value is -1.42. The SMILES string of the molecule is Fc1ccc(C(Cl)CNC2=NCCC=N2)cc1. The van der Waals surface area contributed by atoms with Gasteiger partial charge in [-0.1, -0.05) is 12.1 Å². The first-order valence-electron chi connectivity index (χ1n) is 5.46. The molecule has 0 aromatic heterocycles. The van der Waals surface area contributed by atoms with Crippen molar-refractivity contribution in [3.8, 4) is 0 Å². The standard InChI is InChI=1S/C12H13ClFN3/c13-11(9-2-4-10(14)5-3-9)8-17-12-15-6-1-7-16-12/h2-6,11H,1,7-8H2,(H,16,17). The Morgan fingerprint density at radius 2 is 2.12 bits per heavy atom. The lowest BCUT2D eigenvalue weighted by Crippen LogP contribution is -2.27. The van der Waals surface area contributed by atoms with Crippen LogP contribution in [0.1, 0.15) is 17.4 Å². The molecule has 1 unspecified atom stereocenters. The second kappa shape index (κ2) is 5.77. The normalized spacial score (nSPS) is 16.5. The lowest BCUT2D eigenvalue weighted by molar-refractivity contribution is 0.626. The van der Waals surface area contributed by atoms with E-state index >= 15 is 0 Å². The van der Waals surface area contributed by atoms with E-state index in [1.165, 1.54) is 12.1 Å². The van der Waals surface area contributed by atoms with E-state index in [2.05, 4.69) is 15.3 Å². The summed E-state index contributed by atoms with van der Waals surface area (Å²) in [4.78, 5) is 8.30. The van der Waals surface area contributed by atoms with Crippen molar-refractivity contribution in [3.05, 3.63) is 35.6 Å². The van der Waals surface area contributed by atoms with Gasteiger partial charge >= 0.3 is 0 Å². The molecule has 0 saturated heterocycles. The Balaban J connectivity index is 1.88. The van der Waals surface area contributed by atoms with Crippen LogP contribution in [0, 0.1) is 5.82 Å². The number of guanidine groups is 1. The van der Waals surface area contributed by atoms with Gasteiger partial charge in [0, 0.05) is 25.7 Å². The summed E-state index contributed by atoms with van der Waals surface area (Å²) in [6.45, 7) is 1.28. The van der Waals surface area contributed by atoms with E-state index in [-0.39, 0.29) is 11.2 Å². The molecule has 1 aliphatic heterocycles. The Morgan fingerprint density at radius 1 is 1.35 bits per heavy atom. The van der Waals surface area contributed by atoms with Crippen LogP contribution in [0.4, 0.5) is 4.39 Å². The predicted molar refractivity (Wildman–Crippen MR) is 68.4 cm³/mol. The molecule has 1 aromatic rings. The first-order valence-corrected chi connectivity index (χ1v) is 5.90. The van der Waals surface area contributed by atoms with Crippen LogP contribution in [0.2, 0.25) is 0 Å². The fourth-order valence-corrected chi connectivity index (χ4v) is 1.71. The van der Waals surface area contributed by atoms with Crippen molar-refractivity contribution >= 4 is 23.8 Å². The largest absolute Gasteiger partial charge is 0.353 e. The molecule has 0 aliphatic carbocycles. The third-order valence-corrected chi connectivity index (χ3v) is 2.81. The summed E-state index contributed by atoms with van der Waals surface area (Å²) in [5.74, 6) is 0.357. The van der Waals surface area contributed by atoms with Crippen molar-refractivity contribution < 1.29 is 4.39 Å². The van der Waals surface area contributed by atoms with Crippen molar-refractivity contribution in [1.29, 1.82) is 0 Å². The Kier molecular flexibility index (Phi) is 4.09. The molecule has 3 nitrogen and oxygen atoms in total. The minimum atomic E-state index is -0.258. The van der Waals surface area contributed by atoms with Crippen molar-refractivity contribution in [2.75, 3.05) is 13.1 Å². The number of rotatable bonds is 3. The molecule has 0 amide bonds. The zero-order valence-corrected chi connectivity index (χ0v) is 9.99. The Labute approximate surface area is 104 Å². The first kappa shape index (κ1) is 12.0. The van der Waals surface area contributed by atoms with Crippen LogP contribution >= 0.6 is 11.6 Å². The maximum absolute atomic E-state index is 12.7. The summed E-state index contributed by atoms with van der Waals surface area (Å²) in [6, 6.07) is 6.17.